The van der Waals surface area contributed by atoms with Crippen molar-refractivity contribution >= 4 is 17.7 Å². The summed E-state index contributed by atoms with van der Waals surface area (Å²) in [5.41, 5.74) is -0.434. The highest BCUT2D eigenvalue weighted by Gasteiger charge is 2.50. The summed E-state index contributed by atoms with van der Waals surface area (Å²) in [5.74, 6) is 2.26. The number of carbonyl (C=O) groups excluding carboxylic acids is 1. The average Bonchev–Trinajstić information content (AvgIpc) is 3.04. The van der Waals surface area contributed by atoms with Crippen LogP contribution in [-0.2, 0) is 9.53 Å². The van der Waals surface area contributed by atoms with Crippen molar-refractivity contribution in [3.05, 3.63) is 0 Å². The summed E-state index contributed by atoms with van der Waals surface area (Å²) >= 11 is 1.80. The van der Waals surface area contributed by atoms with Crippen molar-refractivity contribution in [2.24, 2.45) is 5.92 Å². The molecule has 15 heavy (non-hydrogen) atoms. The Morgan fingerprint density at radius 3 is 2.60 bits per heavy atom. The normalized spacial score (nSPS) is 19.7. The molecule has 0 spiro atoms. The SMILES string of the molecule is CCOC(=O)C(CSCC)(NC)C1CC1. The monoisotopic (exact) mass is 231 g/mol. The summed E-state index contributed by atoms with van der Waals surface area (Å²) in [7, 11) is 1.87. The molecular formula is C11H21NO2S. The molecule has 0 saturated heterocycles. The van der Waals surface area contributed by atoms with E-state index in [9.17, 15) is 4.79 Å². The Hall–Kier alpha value is -0.220. The van der Waals surface area contributed by atoms with Crippen LogP contribution in [0.4, 0.5) is 0 Å². The van der Waals surface area contributed by atoms with Gasteiger partial charge in [-0.3, -0.25) is 4.79 Å². The first-order chi connectivity index (χ1) is 7.21. The van der Waals surface area contributed by atoms with E-state index in [1.54, 1.807) is 11.8 Å². The molecule has 1 aliphatic rings. The van der Waals surface area contributed by atoms with Gasteiger partial charge in [0.05, 0.1) is 6.61 Å². The quantitative estimate of drug-likeness (QED) is 0.676. The van der Waals surface area contributed by atoms with E-state index in [2.05, 4.69) is 12.2 Å². The molecule has 0 aromatic rings. The average molecular weight is 231 g/mol. The van der Waals surface area contributed by atoms with Crippen LogP contribution in [-0.4, -0.2) is 36.7 Å². The third-order valence-electron chi connectivity index (χ3n) is 2.89. The van der Waals surface area contributed by atoms with E-state index in [1.807, 2.05) is 14.0 Å². The van der Waals surface area contributed by atoms with Crippen LogP contribution in [0.3, 0.4) is 0 Å². The molecule has 88 valence electrons. The lowest BCUT2D eigenvalue weighted by Gasteiger charge is -2.30. The molecule has 0 bridgehead atoms. The highest BCUT2D eigenvalue weighted by atomic mass is 32.2. The third kappa shape index (κ3) is 2.88. The van der Waals surface area contributed by atoms with Crippen molar-refractivity contribution in [3.63, 3.8) is 0 Å². The van der Waals surface area contributed by atoms with Gasteiger partial charge in [0.15, 0.2) is 0 Å². The van der Waals surface area contributed by atoms with Crippen LogP contribution in [0.25, 0.3) is 0 Å². The molecule has 1 fully saturated rings. The Labute approximate surface area is 96.3 Å². The minimum absolute atomic E-state index is 0.0732. The Kier molecular flexibility index (Phi) is 4.93. The van der Waals surface area contributed by atoms with E-state index in [0.29, 0.717) is 12.5 Å². The molecule has 1 atom stereocenters. The zero-order chi connectivity index (χ0) is 11.3. The molecule has 1 aliphatic carbocycles. The summed E-state index contributed by atoms with van der Waals surface area (Å²) in [6.45, 7) is 4.44. The Morgan fingerprint density at radius 2 is 2.20 bits per heavy atom. The smallest absolute Gasteiger partial charge is 0.327 e. The van der Waals surface area contributed by atoms with E-state index in [4.69, 9.17) is 4.74 Å². The predicted octanol–water partition coefficient (Wildman–Crippen LogP) is 1.67. The van der Waals surface area contributed by atoms with Crippen LogP contribution in [0, 0.1) is 5.92 Å². The fraction of sp³-hybridized carbons (Fsp3) is 0.909. The fourth-order valence-electron chi connectivity index (χ4n) is 1.82. The van der Waals surface area contributed by atoms with Gasteiger partial charge in [0.2, 0.25) is 0 Å². The lowest BCUT2D eigenvalue weighted by Crippen LogP contribution is -2.55. The van der Waals surface area contributed by atoms with Gasteiger partial charge in [0, 0.05) is 5.75 Å². The second-order valence-corrected chi connectivity index (χ2v) is 5.13. The van der Waals surface area contributed by atoms with Gasteiger partial charge in [0.1, 0.15) is 5.54 Å². The molecule has 1 rings (SSSR count). The third-order valence-corrected chi connectivity index (χ3v) is 3.96. The molecule has 0 radical (unpaired) electrons. The van der Waals surface area contributed by atoms with Gasteiger partial charge in [-0.15, -0.1) is 0 Å². The van der Waals surface area contributed by atoms with Crippen LogP contribution < -0.4 is 5.32 Å². The minimum atomic E-state index is -0.434. The summed E-state index contributed by atoms with van der Waals surface area (Å²) in [6.07, 6.45) is 2.29. The Bertz CT molecular complexity index is 219. The van der Waals surface area contributed by atoms with Gasteiger partial charge in [0.25, 0.3) is 0 Å². The second-order valence-electron chi connectivity index (χ2n) is 3.85. The number of rotatable bonds is 7. The molecular weight excluding hydrogens is 210 g/mol. The van der Waals surface area contributed by atoms with Crippen LogP contribution in [0.1, 0.15) is 26.7 Å². The maximum Gasteiger partial charge on any atom is 0.327 e. The van der Waals surface area contributed by atoms with Crippen molar-refractivity contribution in [2.45, 2.75) is 32.2 Å². The van der Waals surface area contributed by atoms with Gasteiger partial charge in [-0.05, 0) is 38.5 Å². The minimum Gasteiger partial charge on any atom is -0.465 e. The van der Waals surface area contributed by atoms with Crippen LogP contribution in [0.5, 0.6) is 0 Å². The number of hydrogen-bond donors (Lipinski definition) is 1. The number of hydrogen-bond acceptors (Lipinski definition) is 4. The topological polar surface area (TPSA) is 38.3 Å². The van der Waals surface area contributed by atoms with Gasteiger partial charge < -0.3 is 10.1 Å². The number of carbonyl (C=O) groups is 1. The van der Waals surface area contributed by atoms with Crippen molar-refractivity contribution in [2.75, 3.05) is 25.2 Å². The molecule has 3 nitrogen and oxygen atoms in total. The van der Waals surface area contributed by atoms with Crippen LogP contribution in [0.2, 0.25) is 0 Å². The second kappa shape index (κ2) is 5.75. The lowest BCUT2D eigenvalue weighted by atomic mass is 9.96. The van der Waals surface area contributed by atoms with Gasteiger partial charge in [-0.2, -0.15) is 11.8 Å². The van der Waals surface area contributed by atoms with Crippen LogP contribution in [0.15, 0.2) is 0 Å². The number of thioether (sulfide) groups is 1. The van der Waals surface area contributed by atoms with E-state index in [1.165, 1.54) is 0 Å². The summed E-state index contributed by atoms with van der Waals surface area (Å²) in [5, 5.41) is 3.20. The first kappa shape index (κ1) is 12.8. The Morgan fingerprint density at radius 1 is 1.53 bits per heavy atom. The molecule has 1 N–H and O–H groups in total. The van der Waals surface area contributed by atoms with Crippen molar-refractivity contribution in [1.82, 2.24) is 5.32 Å². The maximum absolute atomic E-state index is 12.0. The molecule has 0 amide bonds. The zero-order valence-corrected chi connectivity index (χ0v) is 10.7. The van der Waals surface area contributed by atoms with Gasteiger partial charge >= 0.3 is 5.97 Å². The molecule has 0 aromatic carbocycles. The van der Waals surface area contributed by atoms with E-state index in [0.717, 1.165) is 24.3 Å². The largest absolute Gasteiger partial charge is 0.465 e. The van der Waals surface area contributed by atoms with Crippen molar-refractivity contribution in [1.29, 1.82) is 0 Å². The van der Waals surface area contributed by atoms with Crippen molar-refractivity contribution in [3.8, 4) is 0 Å². The summed E-state index contributed by atoms with van der Waals surface area (Å²) < 4.78 is 5.18. The highest BCUT2D eigenvalue weighted by molar-refractivity contribution is 7.99. The molecule has 1 saturated carbocycles. The van der Waals surface area contributed by atoms with Gasteiger partial charge in [-0.1, -0.05) is 6.92 Å². The first-order valence-electron chi connectivity index (χ1n) is 5.65. The Balaban J connectivity index is 2.68. The van der Waals surface area contributed by atoms with E-state index in [-0.39, 0.29) is 5.97 Å². The maximum atomic E-state index is 12.0. The highest BCUT2D eigenvalue weighted by Crippen LogP contribution is 2.42. The molecule has 0 aromatic heterocycles. The molecule has 0 aliphatic heterocycles. The number of esters is 1. The fourth-order valence-corrected chi connectivity index (χ4v) is 2.84. The van der Waals surface area contributed by atoms with Gasteiger partial charge in [-0.25, -0.2) is 0 Å². The van der Waals surface area contributed by atoms with Crippen molar-refractivity contribution < 1.29 is 9.53 Å². The number of ether oxygens (including phenoxy) is 1. The first-order valence-corrected chi connectivity index (χ1v) is 6.80. The molecule has 1 unspecified atom stereocenters. The molecule has 0 heterocycles. The van der Waals surface area contributed by atoms with Crippen LogP contribution >= 0.6 is 11.8 Å². The molecule has 4 heteroatoms. The summed E-state index contributed by atoms with van der Waals surface area (Å²) in [6, 6.07) is 0. The number of likely N-dealkylation sites (N-methyl/N-ethyl adjacent to an activating group) is 1. The summed E-state index contributed by atoms with van der Waals surface area (Å²) in [4.78, 5) is 12.0. The van der Waals surface area contributed by atoms with E-state index < -0.39 is 5.54 Å². The predicted molar refractivity (Wildman–Crippen MR) is 64.1 cm³/mol. The number of nitrogens with one attached hydrogen (secondary N) is 1. The van der Waals surface area contributed by atoms with E-state index >= 15 is 0 Å². The zero-order valence-electron chi connectivity index (χ0n) is 9.84. The lowest BCUT2D eigenvalue weighted by molar-refractivity contribution is -0.150. The standard InChI is InChI=1S/C11H21NO2S/c1-4-14-10(13)11(12-3,8-15-5-2)9-6-7-9/h9,12H,4-8H2,1-3H3.